The number of methoxy groups -OCH3 is 1. The zero-order chi connectivity index (χ0) is 18.4. The van der Waals surface area contributed by atoms with Crippen molar-refractivity contribution < 1.29 is 4.74 Å². The number of aromatic nitrogens is 4. The molecule has 2 aromatic heterocycles. The third kappa shape index (κ3) is 5.13. The van der Waals surface area contributed by atoms with Crippen LogP contribution in [0.4, 0.5) is 5.82 Å². The number of rotatable bonds is 7. The number of hydrogen-bond acceptors (Lipinski definition) is 5. The molecular formula is C19H29N5O. The summed E-state index contributed by atoms with van der Waals surface area (Å²) in [5, 5.41) is 4.27. The van der Waals surface area contributed by atoms with Crippen LogP contribution in [0.3, 0.4) is 0 Å². The Morgan fingerprint density at radius 2 is 2.04 bits per heavy atom. The molecule has 2 aromatic rings. The molecule has 2 rings (SSSR count). The van der Waals surface area contributed by atoms with Crippen molar-refractivity contribution in [1.29, 1.82) is 0 Å². The van der Waals surface area contributed by atoms with Crippen LogP contribution in [-0.2, 0) is 30.4 Å². The normalized spacial score (nSPS) is 12.1. The molecule has 0 radical (unpaired) electrons. The van der Waals surface area contributed by atoms with Gasteiger partial charge in [0, 0.05) is 38.4 Å². The van der Waals surface area contributed by atoms with Crippen molar-refractivity contribution in [3.63, 3.8) is 0 Å². The van der Waals surface area contributed by atoms with Crippen molar-refractivity contribution >= 4 is 5.82 Å². The van der Waals surface area contributed by atoms with Gasteiger partial charge in [0.2, 0.25) is 0 Å². The third-order valence-corrected chi connectivity index (χ3v) is 3.89. The summed E-state index contributed by atoms with van der Waals surface area (Å²) in [6.45, 7) is 10.4. The SMILES string of the molecule is C/C=C/CN(Cc1ccnn1C)c1cc(COC)nc(C(C)(C)C)n1. The molecule has 0 fully saturated rings. The molecule has 6 heteroatoms. The highest BCUT2D eigenvalue weighted by Crippen LogP contribution is 2.23. The van der Waals surface area contributed by atoms with Crippen molar-refractivity contribution in [2.24, 2.45) is 7.05 Å². The Balaban J connectivity index is 2.43. The average Bonchev–Trinajstić information content (AvgIpc) is 2.95. The molecule has 0 atom stereocenters. The van der Waals surface area contributed by atoms with E-state index in [1.165, 1.54) is 0 Å². The Morgan fingerprint density at radius 1 is 1.28 bits per heavy atom. The van der Waals surface area contributed by atoms with Crippen LogP contribution in [0, 0.1) is 0 Å². The molecule has 2 heterocycles. The van der Waals surface area contributed by atoms with Gasteiger partial charge < -0.3 is 9.64 Å². The van der Waals surface area contributed by atoms with Gasteiger partial charge in [-0.2, -0.15) is 5.10 Å². The van der Waals surface area contributed by atoms with Crippen molar-refractivity contribution in [1.82, 2.24) is 19.7 Å². The molecule has 0 aliphatic heterocycles. The van der Waals surface area contributed by atoms with E-state index in [4.69, 9.17) is 9.72 Å². The standard InChI is InChI=1S/C19H29N5O/c1-7-8-11-24(13-16-9-10-20-23(16)5)17-12-15(14-25-6)21-18(22-17)19(2,3)4/h7-10,12H,11,13-14H2,1-6H3/b8-7+. The third-order valence-electron chi connectivity index (χ3n) is 3.89. The van der Waals surface area contributed by atoms with Crippen molar-refractivity contribution in [2.75, 3.05) is 18.6 Å². The van der Waals surface area contributed by atoms with Crippen molar-refractivity contribution in [3.8, 4) is 0 Å². The van der Waals surface area contributed by atoms with E-state index in [-0.39, 0.29) is 5.41 Å². The minimum Gasteiger partial charge on any atom is -0.378 e. The summed E-state index contributed by atoms with van der Waals surface area (Å²) in [7, 11) is 3.64. The average molecular weight is 343 g/mol. The molecule has 0 saturated heterocycles. The molecule has 0 saturated carbocycles. The van der Waals surface area contributed by atoms with Crippen molar-refractivity contribution in [2.45, 2.75) is 46.3 Å². The predicted octanol–water partition coefficient (Wildman–Crippen LogP) is 3.24. The van der Waals surface area contributed by atoms with Gasteiger partial charge in [0.25, 0.3) is 0 Å². The second-order valence-electron chi connectivity index (χ2n) is 7.12. The first kappa shape index (κ1) is 19.1. The van der Waals surface area contributed by atoms with Gasteiger partial charge in [0.1, 0.15) is 11.6 Å². The Morgan fingerprint density at radius 3 is 2.60 bits per heavy atom. The number of aryl methyl sites for hydroxylation is 1. The van der Waals surface area contributed by atoms with Crippen LogP contribution in [0.5, 0.6) is 0 Å². The molecule has 0 aromatic carbocycles. The lowest BCUT2D eigenvalue weighted by atomic mass is 9.95. The largest absolute Gasteiger partial charge is 0.378 e. The van der Waals surface area contributed by atoms with Gasteiger partial charge in [-0.15, -0.1) is 0 Å². The molecule has 0 aliphatic carbocycles. The minimum absolute atomic E-state index is 0.128. The first-order chi connectivity index (χ1) is 11.8. The van der Waals surface area contributed by atoms with Gasteiger partial charge in [-0.3, -0.25) is 4.68 Å². The zero-order valence-electron chi connectivity index (χ0n) is 16.2. The van der Waals surface area contributed by atoms with Gasteiger partial charge >= 0.3 is 0 Å². The van der Waals surface area contributed by atoms with Gasteiger partial charge in [0.05, 0.1) is 24.5 Å². The molecule has 0 unspecified atom stereocenters. The Labute approximate surface area is 150 Å². The lowest BCUT2D eigenvalue weighted by Crippen LogP contribution is -2.27. The first-order valence-electron chi connectivity index (χ1n) is 8.55. The number of allylic oxidation sites excluding steroid dienone is 1. The molecule has 6 nitrogen and oxygen atoms in total. The first-order valence-corrected chi connectivity index (χ1v) is 8.55. The Kier molecular flexibility index (Phi) is 6.31. The van der Waals surface area contributed by atoms with Gasteiger partial charge in [-0.25, -0.2) is 9.97 Å². The second-order valence-corrected chi connectivity index (χ2v) is 7.12. The van der Waals surface area contributed by atoms with E-state index >= 15 is 0 Å². The van der Waals surface area contributed by atoms with E-state index in [0.717, 1.165) is 36.1 Å². The summed E-state index contributed by atoms with van der Waals surface area (Å²) < 4.78 is 7.19. The van der Waals surface area contributed by atoms with E-state index in [1.54, 1.807) is 7.11 Å². The van der Waals surface area contributed by atoms with E-state index in [9.17, 15) is 0 Å². The maximum Gasteiger partial charge on any atom is 0.136 e. The number of nitrogens with zero attached hydrogens (tertiary/aromatic N) is 5. The fourth-order valence-electron chi connectivity index (χ4n) is 2.43. The molecule has 0 N–H and O–H groups in total. The molecular weight excluding hydrogens is 314 g/mol. The molecule has 0 bridgehead atoms. The van der Waals surface area contributed by atoms with Crippen LogP contribution < -0.4 is 4.90 Å². The summed E-state index contributed by atoms with van der Waals surface area (Å²) in [6, 6.07) is 4.04. The van der Waals surface area contributed by atoms with Crippen LogP contribution in [0.2, 0.25) is 0 Å². The van der Waals surface area contributed by atoms with Crippen LogP contribution in [0.1, 0.15) is 44.9 Å². The molecule has 0 amide bonds. The fourth-order valence-corrected chi connectivity index (χ4v) is 2.43. The fraction of sp³-hybridized carbons (Fsp3) is 0.526. The zero-order valence-corrected chi connectivity index (χ0v) is 16.2. The quantitative estimate of drug-likeness (QED) is 0.723. The number of anilines is 1. The Bertz CT molecular complexity index is 715. The molecule has 136 valence electrons. The lowest BCUT2D eigenvalue weighted by molar-refractivity contribution is 0.181. The van der Waals surface area contributed by atoms with Crippen molar-refractivity contribution in [3.05, 3.63) is 47.7 Å². The van der Waals surface area contributed by atoms with Gasteiger partial charge in [-0.1, -0.05) is 32.9 Å². The summed E-state index contributed by atoms with van der Waals surface area (Å²) in [5.74, 6) is 1.74. The Hall–Kier alpha value is -2.21. The summed E-state index contributed by atoms with van der Waals surface area (Å²) in [5.41, 5.74) is 1.90. The number of ether oxygens (including phenoxy) is 1. The van der Waals surface area contributed by atoms with Crippen LogP contribution in [0.15, 0.2) is 30.5 Å². The predicted molar refractivity (Wildman–Crippen MR) is 101 cm³/mol. The molecule has 0 spiro atoms. The lowest BCUT2D eigenvalue weighted by Gasteiger charge is -2.25. The smallest absolute Gasteiger partial charge is 0.136 e. The minimum atomic E-state index is -0.128. The van der Waals surface area contributed by atoms with Gasteiger partial charge in [0.15, 0.2) is 0 Å². The van der Waals surface area contributed by atoms with E-state index in [0.29, 0.717) is 6.61 Å². The monoisotopic (exact) mass is 343 g/mol. The van der Waals surface area contributed by atoms with Gasteiger partial charge in [-0.05, 0) is 13.0 Å². The van der Waals surface area contributed by atoms with E-state index in [2.05, 4.69) is 47.9 Å². The maximum absolute atomic E-state index is 5.30. The van der Waals surface area contributed by atoms with E-state index < -0.39 is 0 Å². The summed E-state index contributed by atoms with van der Waals surface area (Å²) >= 11 is 0. The summed E-state index contributed by atoms with van der Waals surface area (Å²) in [6.07, 6.45) is 6.00. The van der Waals surface area contributed by atoms with E-state index in [1.807, 2.05) is 37.0 Å². The highest BCUT2D eigenvalue weighted by Gasteiger charge is 2.21. The highest BCUT2D eigenvalue weighted by molar-refractivity contribution is 5.42. The van der Waals surface area contributed by atoms with Crippen LogP contribution in [0.25, 0.3) is 0 Å². The number of hydrogen-bond donors (Lipinski definition) is 0. The molecule has 25 heavy (non-hydrogen) atoms. The highest BCUT2D eigenvalue weighted by atomic mass is 16.5. The maximum atomic E-state index is 5.30. The second kappa shape index (κ2) is 8.25. The molecule has 0 aliphatic rings. The topological polar surface area (TPSA) is 56.1 Å². The van der Waals surface area contributed by atoms with Crippen LogP contribution >= 0.6 is 0 Å². The summed E-state index contributed by atoms with van der Waals surface area (Å²) in [4.78, 5) is 11.7. The van der Waals surface area contributed by atoms with Crippen LogP contribution in [-0.4, -0.2) is 33.4 Å².